The minimum atomic E-state index is 1.27. The molecule has 0 unspecified atom stereocenters. The molecule has 2 heterocycles. The fourth-order valence-electron chi connectivity index (χ4n) is 4.02. The first kappa shape index (κ1) is 15.5. The van der Waals surface area contributed by atoms with E-state index in [4.69, 9.17) is 0 Å². The molecule has 5 rings (SSSR count). The lowest BCUT2D eigenvalue weighted by Crippen LogP contribution is -2.32. The van der Waals surface area contributed by atoms with Gasteiger partial charge in [0.05, 0.1) is 0 Å². The summed E-state index contributed by atoms with van der Waals surface area (Å²) in [6.07, 6.45) is 0. The fourth-order valence-corrected chi connectivity index (χ4v) is 5.20. The Balaban J connectivity index is 1.87. The molecule has 0 amide bonds. The van der Waals surface area contributed by atoms with E-state index >= 15 is 0 Å². The summed E-state index contributed by atoms with van der Waals surface area (Å²) in [5.41, 5.74) is 6.52. The maximum absolute atomic E-state index is 2.38. The first-order chi connectivity index (χ1) is 12.6. The minimum absolute atomic E-state index is 1.27. The Morgan fingerprint density at radius 2 is 1.42 bits per heavy atom. The van der Waals surface area contributed by atoms with Crippen LogP contribution in [0.4, 0.5) is 0 Å². The lowest BCUT2D eigenvalue weighted by Gasteiger charge is -2.09. The Hall–Kier alpha value is -2.71. The third-order valence-corrected chi connectivity index (χ3v) is 6.54. The number of nitrogens with zero attached hydrogens (tertiary/aromatic N) is 1. The first-order valence-corrected chi connectivity index (χ1v) is 9.76. The Bertz CT molecular complexity index is 1310. The van der Waals surface area contributed by atoms with E-state index in [1.807, 2.05) is 11.3 Å². The maximum atomic E-state index is 2.38. The molecule has 3 aromatic carbocycles. The quantitative estimate of drug-likeness (QED) is 0.310. The van der Waals surface area contributed by atoms with E-state index in [9.17, 15) is 0 Å². The highest BCUT2D eigenvalue weighted by Crippen LogP contribution is 2.37. The lowest BCUT2D eigenvalue weighted by atomic mass is 9.98. The zero-order valence-electron chi connectivity index (χ0n) is 15.2. The summed E-state index contributed by atoms with van der Waals surface area (Å²) in [7, 11) is 2.17. The van der Waals surface area contributed by atoms with Crippen LogP contribution >= 0.6 is 11.3 Å². The van der Waals surface area contributed by atoms with Crippen LogP contribution in [0, 0.1) is 13.8 Å². The highest BCUT2D eigenvalue weighted by Gasteiger charge is 2.19. The van der Waals surface area contributed by atoms with Gasteiger partial charge >= 0.3 is 0 Å². The molecule has 0 fully saturated rings. The number of hydrogen-bond donors (Lipinski definition) is 0. The van der Waals surface area contributed by atoms with Crippen LogP contribution in [0.1, 0.15) is 11.1 Å². The van der Waals surface area contributed by atoms with Crippen LogP contribution in [0.3, 0.4) is 0 Å². The van der Waals surface area contributed by atoms with E-state index < -0.39 is 0 Å². The van der Waals surface area contributed by atoms with Gasteiger partial charge in [0.15, 0.2) is 0 Å². The van der Waals surface area contributed by atoms with Gasteiger partial charge in [-0.3, -0.25) is 0 Å². The summed E-state index contributed by atoms with van der Waals surface area (Å²) in [4.78, 5) is 0. The predicted molar refractivity (Wildman–Crippen MR) is 113 cm³/mol. The SMILES string of the molecule is Cc1cc2sc3ccccc3c2cc1-c1cc(C)c2ccccc2[n+]1C. The first-order valence-electron chi connectivity index (χ1n) is 8.94. The van der Waals surface area contributed by atoms with Crippen LogP contribution in [-0.4, -0.2) is 0 Å². The third kappa shape index (κ3) is 2.19. The number of para-hydroxylation sites is 1. The normalized spacial score (nSPS) is 11.7. The monoisotopic (exact) mass is 354 g/mol. The second kappa shape index (κ2) is 5.65. The summed E-state index contributed by atoms with van der Waals surface area (Å²) in [6, 6.07) is 24.4. The molecule has 0 bridgehead atoms. The van der Waals surface area contributed by atoms with Crippen molar-refractivity contribution >= 4 is 42.4 Å². The van der Waals surface area contributed by atoms with Crippen LogP contribution in [0.5, 0.6) is 0 Å². The van der Waals surface area contributed by atoms with Crippen molar-refractivity contribution in [1.29, 1.82) is 0 Å². The Morgan fingerprint density at radius 3 is 2.27 bits per heavy atom. The molecular weight excluding hydrogens is 334 g/mol. The smallest absolute Gasteiger partial charge is 0.194 e. The topological polar surface area (TPSA) is 3.88 Å². The van der Waals surface area contributed by atoms with Gasteiger partial charge in [-0.1, -0.05) is 30.3 Å². The number of aryl methyl sites for hydroxylation is 3. The van der Waals surface area contributed by atoms with Crippen molar-refractivity contribution in [3.05, 3.63) is 77.9 Å². The van der Waals surface area contributed by atoms with Gasteiger partial charge in [-0.25, -0.2) is 0 Å². The largest absolute Gasteiger partial charge is 0.213 e. The lowest BCUT2D eigenvalue weighted by molar-refractivity contribution is -0.633. The zero-order valence-corrected chi connectivity index (χ0v) is 16.0. The second-order valence-corrected chi connectivity index (χ2v) is 8.13. The van der Waals surface area contributed by atoms with E-state index in [-0.39, 0.29) is 0 Å². The van der Waals surface area contributed by atoms with Gasteiger partial charge in [0, 0.05) is 43.3 Å². The number of hydrogen-bond acceptors (Lipinski definition) is 1. The standard InChI is InChI=1S/C24H20NS/c1-15-12-22(25(3)21-10-6-4-8-17(15)21)19-14-20-18-9-5-7-11-23(18)26-24(20)13-16(19)2/h4-14H,1-3H3/q+1. The highest BCUT2D eigenvalue weighted by molar-refractivity contribution is 7.25. The molecule has 0 atom stereocenters. The molecule has 26 heavy (non-hydrogen) atoms. The van der Waals surface area contributed by atoms with Gasteiger partial charge in [0.25, 0.3) is 0 Å². The molecule has 126 valence electrons. The van der Waals surface area contributed by atoms with Gasteiger partial charge in [-0.15, -0.1) is 11.3 Å². The molecule has 2 heteroatoms. The summed E-state index contributed by atoms with van der Waals surface area (Å²) < 4.78 is 5.05. The van der Waals surface area contributed by atoms with Gasteiger partial charge in [0.1, 0.15) is 7.05 Å². The summed E-state index contributed by atoms with van der Waals surface area (Å²) in [6.45, 7) is 4.43. The van der Waals surface area contributed by atoms with Gasteiger partial charge < -0.3 is 0 Å². The number of pyridine rings is 1. The highest BCUT2D eigenvalue weighted by atomic mass is 32.1. The van der Waals surface area contributed by atoms with Crippen molar-refractivity contribution in [3.8, 4) is 11.3 Å². The van der Waals surface area contributed by atoms with Crippen LogP contribution < -0.4 is 4.57 Å². The molecule has 2 aromatic heterocycles. The third-order valence-electron chi connectivity index (χ3n) is 5.40. The van der Waals surface area contributed by atoms with E-state index in [0.717, 1.165) is 0 Å². The van der Waals surface area contributed by atoms with Gasteiger partial charge in [-0.05, 0) is 49.2 Å². The summed E-state index contributed by atoms with van der Waals surface area (Å²) in [5, 5.41) is 4.03. The minimum Gasteiger partial charge on any atom is -0.194 e. The second-order valence-electron chi connectivity index (χ2n) is 7.05. The molecule has 1 nitrogen and oxygen atoms in total. The number of fused-ring (bicyclic) bond motifs is 4. The summed E-state index contributed by atoms with van der Waals surface area (Å²) >= 11 is 1.88. The zero-order chi connectivity index (χ0) is 17.8. The van der Waals surface area contributed by atoms with E-state index in [1.54, 1.807) is 0 Å². The van der Waals surface area contributed by atoms with Crippen molar-refractivity contribution in [2.24, 2.45) is 7.05 Å². The van der Waals surface area contributed by atoms with Gasteiger partial charge in [-0.2, -0.15) is 4.57 Å². The molecule has 0 aliphatic rings. The van der Waals surface area contributed by atoms with Crippen LogP contribution in [0.2, 0.25) is 0 Å². The van der Waals surface area contributed by atoms with Crippen LogP contribution in [0.15, 0.2) is 66.7 Å². The maximum Gasteiger partial charge on any atom is 0.213 e. The molecule has 5 aromatic rings. The molecule has 0 aliphatic carbocycles. The Morgan fingerprint density at radius 1 is 0.692 bits per heavy atom. The Kier molecular flexibility index (Phi) is 3.38. The van der Waals surface area contributed by atoms with E-state index in [0.29, 0.717) is 0 Å². The molecule has 0 spiro atoms. The van der Waals surface area contributed by atoms with Crippen molar-refractivity contribution in [1.82, 2.24) is 0 Å². The van der Waals surface area contributed by atoms with Gasteiger partial charge in [0.2, 0.25) is 11.2 Å². The van der Waals surface area contributed by atoms with Crippen LogP contribution in [-0.2, 0) is 7.05 Å². The fraction of sp³-hybridized carbons (Fsp3) is 0.125. The van der Waals surface area contributed by atoms with E-state index in [1.165, 1.54) is 53.5 Å². The average Bonchev–Trinajstić information content (AvgIpc) is 3.01. The molecular formula is C24H20NS+. The summed E-state index contributed by atoms with van der Waals surface area (Å²) in [5.74, 6) is 0. The number of thiophene rings is 1. The Labute approximate surface area is 157 Å². The molecule has 0 saturated carbocycles. The predicted octanol–water partition coefficient (Wildman–Crippen LogP) is 6.32. The van der Waals surface area contributed by atoms with Crippen molar-refractivity contribution in [2.45, 2.75) is 13.8 Å². The molecule has 0 saturated heterocycles. The average molecular weight is 354 g/mol. The van der Waals surface area contributed by atoms with Crippen molar-refractivity contribution in [2.75, 3.05) is 0 Å². The number of aromatic nitrogens is 1. The van der Waals surface area contributed by atoms with E-state index in [2.05, 4.69) is 92.2 Å². The molecule has 0 N–H and O–H groups in total. The molecule has 0 radical (unpaired) electrons. The van der Waals surface area contributed by atoms with Crippen molar-refractivity contribution in [3.63, 3.8) is 0 Å². The van der Waals surface area contributed by atoms with Crippen molar-refractivity contribution < 1.29 is 4.57 Å². The molecule has 0 aliphatic heterocycles. The van der Waals surface area contributed by atoms with Crippen LogP contribution in [0.25, 0.3) is 42.3 Å². The number of rotatable bonds is 1. The number of benzene rings is 3.